The van der Waals surface area contributed by atoms with Gasteiger partial charge in [0, 0.05) is 10.7 Å². The second-order valence-electron chi connectivity index (χ2n) is 3.10. The van der Waals surface area contributed by atoms with Gasteiger partial charge in [0.05, 0.1) is 18.0 Å². The van der Waals surface area contributed by atoms with Gasteiger partial charge in [-0.1, -0.05) is 0 Å². The molecule has 2 aromatic heterocycles. The maximum absolute atomic E-state index is 7.39. The fourth-order valence-corrected chi connectivity index (χ4v) is 1.50. The Hall–Kier alpha value is -2.02. The van der Waals surface area contributed by atoms with Crippen molar-refractivity contribution in [1.29, 1.82) is 5.41 Å². The first-order valence-electron chi connectivity index (χ1n) is 4.61. The van der Waals surface area contributed by atoms with Crippen LogP contribution in [-0.2, 0) is 0 Å². The molecule has 0 bridgehead atoms. The zero-order chi connectivity index (χ0) is 12.3. The predicted molar refractivity (Wildman–Crippen MR) is 65.1 cm³/mol. The molecule has 7 heteroatoms. The monoisotopic (exact) mass is 293 g/mol. The summed E-state index contributed by atoms with van der Waals surface area (Å²) in [6.07, 6.45) is 4.61. The average molecular weight is 294 g/mol. The first kappa shape index (κ1) is 11.5. The molecule has 0 radical (unpaired) electrons. The Kier molecular flexibility index (Phi) is 3.29. The molecule has 0 aliphatic carbocycles. The molecule has 0 amide bonds. The van der Waals surface area contributed by atoms with Gasteiger partial charge in [0.2, 0.25) is 5.88 Å². The molecule has 86 valence electrons. The number of nitrogens with zero attached hydrogens (tertiary/aromatic N) is 3. The van der Waals surface area contributed by atoms with Crippen molar-refractivity contribution in [2.24, 2.45) is 5.73 Å². The summed E-state index contributed by atoms with van der Waals surface area (Å²) in [6, 6.07) is 3.29. The van der Waals surface area contributed by atoms with Crippen LogP contribution in [0.15, 0.2) is 35.2 Å². The smallest absolute Gasteiger partial charge is 0.249 e. The van der Waals surface area contributed by atoms with E-state index in [1.165, 1.54) is 12.4 Å². The van der Waals surface area contributed by atoms with E-state index in [-0.39, 0.29) is 11.7 Å². The van der Waals surface area contributed by atoms with Gasteiger partial charge < -0.3 is 10.5 Å². The molecule has 2 rings (SSSR count). The van der Waals surface area contributed by atoms with Crippen LogP contribution >= 0.6 is 15.9 Å². The molecule has 0 fully saturated rings. The Morgan fingerprint density at radius 3 is 2.94 bits per heavy atom. The van der Waals surface area contributed by atoms with Crippen LogP contribution in [0.1, 0.15) is 5.56 Å². The maximum Gasteiger partial charge on any atom is 0.249 e. The number of nitrogen functional groups attached to an aromatic ring is 1. The lowest BCUT2D eigenvalue weighted by molar-refractivity contribution is 0.451. The quantitative estimate of drug-likeness (QED) is 0.663. The molecule has 2 aromatic rings. The molecule has 0 aromatic carbocycles. The van der Waals surface area contributed by atoms with Crippen LogP contribution in [0.4, 0.5) is 0 Å². The van der Waals surface area contributed by atoms with Crippen molar-refractivity contribution in [3.8, 4) is 11.6 Å². The van der Waals surface area contributed by atoms with Crippen molar-refractivity contribution in [2.45, 2.75) is 0 Å². The fourth-order valence-electron chi connectivity index (χ4n) is 1.16. The molecule has 0 aliphatic heterocycles. The molecular formula is C10H8BrN5O. The first-order valence-corrected chi connectivity index (χ1v) is 5.40. The summed E-state index contributed by atoms with van der Waals surface area (Å²) in [5, 5.41) is 14.9. The van der Waals surface area contributed by atoms with Crippen LogP contribution in [0.3, 0.4) is 0 Å². The summed E-state index contributed by atoms with van der Waals surface area (Å²) >= 11 is 3.28. The molecule has 6 nitrogen and oxygen atoms in total. The second kappa shape index (κ2) is 4.88. The first-order chi connectivity index (χ1) is 8.16. The molecular weight excluding hydrogens is 286 g/mol. The maximum atomic E-state index is 7.39. The number of rotatable bonds is 3. The summed E-state index contributed by atoms with van der Waals surface area (Å²) in [5.74, 6) is 0.542. The van der Waals surface area contributed by atoms with E-state index in [2.05, 4.69) is 31.1 Å². The molecule has 3 N–H and O–H groups in total. The number of hydrogen-bond acceptors (Lipinski definition) is 5. The van der Waals surface area contributed by atoms with Gasteiger partial charge in [0.25, 0.3) is 0 Å². The molecule has 2 heterocycles. The number of halogens is 1. The van der Waals surface area contributed by atoms with Gasteiger partial charge in [-0.25, -0.2) is 0 Å². The summed E-state index contributed by atoms with van der Waals surface area (Å²) in [7, 11) is 0. The Balaban J connectivity index is 2.33. The van der Waals surface area contributed by atoms with Gasteiger partial charge in [-0.3, -0.25) is 10.4 Å². The Labute approximate surface area is 105 Å². The third-order valence-electron chi connectivity index (χ3n) is 1.87. The minimum Gasteiger partial charge on any atom is -0.435 e. The Morgan fingerprint density at radius 2 is 2.24 bits per heavy atom. The lowest BCUT2D eigenvalue weighted by atomic mass is 10.3. The number of hydrogen-bond donors (Lipinski definition) is 2. The minimum absolute atomic E-state index is 0.127. The zero-order valence-electron chi connectivity index (χ0n) is 8.59. The molecule has 0 atom stereocenters. The van der Waals surface area contributed by atoms with Gasteiger partial charge in [-0.15, -0.1) is 5.10 Å². The van der Waals surface area contributed by atoms with E-state index in [1.54, 1.807) is 18.3 Å². The van der Waals surface area contributed by atoms with Crippen molar-refractivity contribution in [3.63, 3.8) is 0 Å². The summed E-state index contributed by atoms with van der Waals surface area (Å²) in [5.41, 5.74) is 5.80. The van der Waals surface area contributed by atoms with Gasteiger partial charge >= 0.3 is 0 Å². The van der Waals surface area contributed by atoms with Crippen LogP contribution in [-0.4, -0.2) is 21.0 Å². The third kappa shape index (κ3) is 2.76. The van der Waals surface area contributed by atoms with Gasteiger partial charge in [0.1, 0.15) is 11.6 Å². The summed E-state index contributed by atoms with van der Waals surface area (Å²) in [6.45, 7) is 0. The van der Waals surface area contributed by atoms with Crippen LogP contribution in [0.2, 0.25) is 0 Å². The van der Waals surface area contributed by atoms with Crippen molar-refractivity contribution in [2.75, 3.05) is 0 Å². The van der Waals surface area contributed by atoms with E-state index in [0.29, 0.717) is 11.3 Å². The SMILES string of the molecule is N=C(N)c1ccnnc1Oc1cncc(Br)c1. The molecule has 0 saturated heterocycles. The predicted octanol–water partition coefficient (Wildman–Crippen LogP) is 1.71. The second-order valence-corrected chi connectivity index (χ2v) is 4.02. The highest BCUT2D eigenvalue weighted by Crippen LogP contribution is 2.23. The van der Waals surface area contributed by atoms with Crippen molar-refractivity contribution < 1.29 is 4.74 Å². The molecule has 0 saturated carbocycles. The summed E-state index contributed by atoms with van der Waals surface area (Å²) < 4.78 is 6.25. The molecule has 0 spiro atoms. The number of aromatic nitrogens is 3. The molecule has 17 heavy (non-hydrogen) atoms. The van der Waals surface area contributed by atoms with E-state index < -0.39 is 0 Å². The minimum atomic E-state index is -0.127. The molecule has 0 aliphatic rings. The van der Waals surface area contributed by atoms with Gasteiger partial charge in [0.15, 0.2) is 0 Å². The molecule has 0 unspecified atom stereocenters. The van der Waals surface area contributed by atoms with E-state index in [4.69, 9.17) is 15.9 Å². The van der Waals surface area contributed by atoms with Crippen molar-refractivity contribution in [3.05, 3.63) is 40.8 Å². The van der Waals surface area contributed by atoms with Crippen molar-refractivity contribution in [1.82, 2.24) is 15.2 Å². The highest BCUT2D eigenvalue weighted by Gasteiger charge is 2.09. The van der Waals surface area contributed by atoms with Crippen molar-refractivity contribution >= 4 is 21.8 Å². The van der Waals surface area contributed by atoms with Gasteiger partial charge in [-0.2, -0.15) is 5.10 Å². The lowest BCUT2D eigenvalue weighted by Crippen LogP contribution is -2.13. The normalized spacial score (nSPS) is 9.94. The topological polar surface area (TPSA) is 97.8 Å². The fraction of sp³-hybridized carbons (Fsp3) is 0. The van der Waals surface area contributed by atoms with Crippen LogP contribution < -0.4 is 10.5 Å². The summed E-state index contributed by atoms with van der Waals surface area (Å²) in [4.78, 5) is 3.95. The van der Waals surface area contributed by atoms with Crippen LogP contribution in [0, 0.1) is 5.41 Å². The van der Waals surface area contributed by atoms with E-state index >= 15 is 0 Å². The zero-order valence-corrected chi connectivity index (χ0v) is 10.2. The largest absolute Gasteiger partial charge is 0.435 e. The standard InChI is InChI=1S/C10H8BrN5O/c11-6-3-7(5-14-4-6)17-10-8(9(12)13)1-2-15-16-10/h1-5H,(H3,12,13). The third-order valence-corrected chi connectivity index (χ3v) is 2.30. The highest BCUT2D eigenvalue weighted by molar-refractivity contribution is 9.10. The van der Waals surface area contributed by atoms with E-state index in [9.17, 15) is 0 Å². The van der Waals surface area contributed by atoms with Crippen LogP contribution in [0.25, 0.3) is 0 Å². The van der Waals surface area contributed by atoms with Crippen LogP contribution in [0.5, 0.6) is 11.6 Å². The number of pyridine rings is 1. The number of amidine groups is 1. The Morgan fingerprint density at radius 1 is 1.41 bits per heavy atom. The number of nitrogens with one attached hydrogen (secondary N) is 1. The van der Waals surface area contributed by atoms with E-state index in [0.717, 1.165) is 4.47 Å². The number of nitrogens with two attached hydrogens (primary N) is 1. The van der Waals surface area contributed by atoms with E-state index in [1.807, 2.05) is 0 Å². The highest BCUT2D eigenvalue weighted by atomic mass is 79.9. The number of ether oxygens (including phenoxy) is 1. The van der Waals surface area contributed by atoms with Gasteiger partial charge in [-0.05, 0) is 28.1 Å². The average Bonchev–Trinajstić information content (AvgIpc) is 2.29. The Bertz CT molecular complexity index is 560. The lowest BCUT2D eigenvalue weighted by Gasteiger charge is -2.07.